The summed E-state index contributed by atoms with van der Waals surface area (Å²) in [5.41, 5.74) is 1.16. The molecule has 0 amide bonds. The molecule has 0 saturated carbocycles. The van der Waals surface area contributed by atoms with Crippen LogP contribution in [0.4, 0.5) is 4.39 Å². The molecule has 1 fully saturated rings. The third-order valence-electron chi connectivity index (χ3n) is 2.75. The molecule has 1 aliphatic heterocycles. The van der Waals surface area contributed by atoms with Crippen LogP contribution in [0.15, 0.2) is 24.3 Å². The van der Waals surface area contributed by atoms with Gasteiger partial charge in [-0.25, -0.2) is 4.39 Å². The van der Waals surface area contributed by atoms with Gasteiger partial charge in [0, 0.05) is 12.2 Å². The van der Waals surface area contributed by atoms with Gasteiger partial charge >= 0.3 is 0 Å². The van der Waals surface area contributed by atoms with E-state index in [2.05, 4.69) is 5.32 Å². The van der Waals surface area contributed by atoms with E-state index < -0.39 is 0 Å². The molecule has 82 valence electrons. The summed E-state index contributed by atoms with van der Waals surface area (Å²) >= 11 is 0. The minimum atomic E-state index is -0.169. The maximum atomic E-state index is 12.6. The van der Waals surface area contributed by atoms with Gasteiger partial charge in [0.2, 0.25) is 0 Å². The first-order valence-corrected chi connectivity index (χ1v) is 5.52. The predicted molar refractivity (Wildman–Crippen MR) is 55.9 cm³/mol. The van der Waals surface area contributed by atoms with E-state index in [9.17, 15) is 4.39 Å². The van der Waals surface area contributed by atoms with Crippen LogP contribution in [-0.2, 0) is 11.3 Å². The summed E-state index contributed by atoms with van der Waals surface area (Å²) in [5.74, 6) is -0.169. The molecular weight excluding hydrogens is 193 g/mol. The molecule has 1 atom stereocenters. The van der Waals surface area contributed by atoms with Crippen LogP contribution in [0.2, 0.25) is 0 Å². The molecule has 1 aromatic carbocycles. The van der Waals surface area contributed by atoms with Gasteiger partial charge in [-0.3, -0.25) is 0 Å². The molecule has 0 bridgehead atoms. The summed E-state index contributed by atoms with van der Waals surface area (Å²) in [4.78, 5) is 0. The topological polar surface area (TPSA) is 25.8 Å². The van der Waals surface area contributed by atoms with Crippen LogP contribution in [0.1, 0.15) is 18.4 Å². The Morgan fingerprint density at radius 1 is 1.33 bits per heavy atom. The maximum Gasteiger partial charge on any atom is 0.123 e. The van der Waals surface area contributed by atoms with Gasteiger partial charge in [0.1, 0.15) is 25.0 Å². The van der Waals surface area contributed by atoms with Crippen LogP contribution in [-0.4, -0.2) is 19.3 Å². The van der Waals surface area contributed by atoms with Crippen molar-refractivity contribution in [1.82, 2.24) is 0 Å². The lowest BCUT2D eigenvalue weighted by Gasteiger charge is -2.07. The van der Waals surface area contributed by atoms with Crippen LogP contribution < -0.4 is 5.32 Å². The van der Waals surface area contributed by atoms with E-state index in [0.29, 0.717) is 6.10 Å². The van der Waals surface area contributed by atoms with E-state index >= 15 is 0 Å². The van der Waals surface area contributed by atoms with Crippen molar-refractivity contribution >= 4 is 0 Å². The fraction of sp³-hybridized carbons (Fsp3) is 0.500. The first-order valence-electron chi connectivity index (χ1n) is 5.52. The van der Waals surface area contributed by atoms with Crippen molar-refractivity contribution in [1.29, 1.82) is 0 Å². The summed E-state index contributed by atoms with van der Waals surface area (Å²) in [5, 5.41) is 2.23. The Hall–Kier alpha value is -0.930. The molecule has 1 aliphatic rings. The second-order valence-corrected chi connectivity index (χ2v) is 3.99. The largest absolute Gasteiger partial charge is 0.372 e. The minimum Gasteiger partial charge on any atom is -0.372 e. The van der Waals surface area contributed by atoms with Crippen LogP contribution >= 0.6 is 0 Å². The smallest absolute Gasteiger partial charge is 0.123 e. The van der Waals surface area contributed by atoms with E-state index in [1.165, 1.54) is 25.0 Å². The molecule has 0 aliphatic carbocycles. The van der Waals surface area contributed by atoms with E-state index in [-0.39, 0.29) is 5.82 Å². The van der Waals surface area contributed by atoms with Crippen LogP contribution in [0.5, 0.6) is 0 Å². The highest BCUT2D eigenvalue weighted by Gasteiger charge is 2.16. The predicted octanol–water partition coefficient (Wildman–Crippen LogP) is 1.07. The van der Waals surface area contributed by atoms with Crippen molar-refractivity contribution in [3.8, 4) is 0 Å². The molecule has 1 unspecified atom stereocenters. The van der Waals surface area contributed by atoms with Gasteiger partial charge in [0.15, 0.2) is 0 Å². The number of nitrogens with two attached hydrogens (primary N) is 1. The van der Waals surface area contributed by atoms with E-state index in [1.807, 2.05) is 12.1 Å². The number of rotatable bonds is 4. The summed E-state index contributed by atoms with van der Waals surface area (Å²) in [6, 6.07) is 6.69. The number of hydrogen-bond donors (Lipinski definition) is 1. The van der Waals surface area contributed by atoms with Gasteiger partial charge in [0.25, 0.3) is 0 Å². The Labute approximate surface area is 89.4 Å². The third-order valence-corrected chi connectivity index (χ3v) is 2.75. The second-order valence-electron chi connectivity index (χ2n) is 3.99. The zero-order chi connectivity index (χ0) is 10.5. The molecule has 1 saturated heterocycles. The van der Waals surface area contributed by atoms with Gasteiger partial charge in [0.05, 0.1) is 0 Å². The van der Waals surface area contributed by atoms with Crippen LogP contribution in [0, 0.1) is 5.82 Å². The standard InChI is InChI=1S/C12H16FNO/c13-11-5-3-10(4-6-11)8-14-9-12-2-1-7-15-12/h3-6,12,14H,1-2,7-9H2/p+1. The Morgan fingerprint density at radius 3 is 2.80 bits per heavy atom. The zero-order valence-electron chi connectivity index (χ0n) is 8.79. The molecule has 0 spiro atoms. The van der Waals surface area contributed by atoms with E-state index in [1.54, 1.807) is 0 Å². The molecule has 0 aromatic heterocycles. The first-order chi connectivity index (χ1) is 7.34. The van der Waals surface area contributed by atoms with Crippen molar-refractivity contribution < 1.29 is 14.4 Å². The average Bonchev–Trinajstić information content (AvgIpc) is 2.74. The number of hydrogen-bond acceptors (Lipinski definition) is 1. The van der Waals surface area contributed by atoms with Gasteiger partial charge in [-0.05, 0) is 25.0 Å². The normalized spacial score (nSPS) is 20.7. The number of quaternary nitrogens is 1. The van der Waals surface area contributed by atoms with Crippen LogP contribution in [0.3, 0.4) is 0 Å². The Morgan fingerprint density at radius 2 is 2.13 bits per heavy atom. The monoisotopic (exact) mass is 210 g/mol. The Bertz CT molecular complexity index is 293. The molecular formula is C12H17FNO+. The molecule has 2 rings (SSSR count). The number of ether oxygens (including phenoxy) is 1. The highest BCUT2D eigenvalue weighted by molar-refractivity contribution is 5.14. The van der Waals surface area contributed by atoms with Gasteiger partial charge in [-0.15, -0.1) is 0 Å². The fourth-order valence-corrected chi connectivity index (χ4v) is 1.89. The average molecular weight is 210 g/mol. The lowest BCUT2D eigenvalue weighted by atomic mass is 10.2. The van der Waals surface area contributed by atoms with E-state index in [4.69, 9.17) is 4.74 Å². The van der Waals surface area contributed by atoms with Crippen LogP contribution in [0.25, 0.3) is 0 Å². The van der Waals surface area contributed by atoms with Crippen molar-refractivity contribution in [2.45, 2.75) is 25.5 Å². The van der Waals surface area contributed by atoms with Crippen molar-refractivity contribution in [2.75, 3.05) is 13.2 Å². The first kappa shape index (κ1) is 10.6. The van der Waals surface area contributed by atoms with Crippen molar-refractivity contribution in [2.24, 2.45) is 0 Å². The summed E-state index contributed by atoms with van der Waals surface area (Å²) in [6.07, 6.45) is 2.79. The van der Waals surface area contributed by atoms with Crippen molar-refractivity contribution in [3.63, 3.8) is 0 Å². The lowest BCUT2D eigenvalue weighted by molar-refractivity contribution is -0.676. The Balaban J connectivity index is 1.71. The fourth-order valence-electron chi connectivity index (χ4n) is 1.89. The summed E-state index contributed by atoms with van der Waals surface area (Å²) in [6.45, 7) is 2.83. The highest BCUT2D eigenvalue weighted by atomic mass is 19.1. The molecule has 0 radical (unpaired) electrons. The maximum absolute atomic E-state index is 12.6. The number of halogens is 1. The molecule has 1 aromatic rings. The van der Waals surface area contributed by atoms with Crippen molar-refractivity contribution in [3.05, 3.63) is 35.6 Å². The van der Waals surface area contributed by atoms with E-state index in [0.717, 1.165) is 25.3 Å². The SMILES string of the molecule is Fc1ccc(C[NH2+]CC2CCCO2)cc1. The third kappa shape index (κ3) is 3.29. The summed E-state index contributed by atoms with van der Waals surface area (Å²) < 4.78 is 18.1. The number of benzene rings is 1. The molecule has 15 heavy (non-hydrogen) atoms. The minimum absolute atomic E-state index is 0.169. The molecule has 3 heteroatoms. The Kier molecular flexibility index (Phi) is 3.69. The second kappa shape index (κ2) is 5.24. The van der Waals surface area contributed by atoms with Gasteiger partial charge in [-0.1, -0.05) is 12.1 Å². The molecule has 1 heterocycles. The quantitative estimate of drug-likeness (QED) is 0.790. The lowest BCUT2D eigenvalue weighted by Crippen LogP contribution is -2.84. The summed E-state index contributed by atoms with van der Waals surface area (Å²) in [7, 11) is 0. The van der Waals surface area contributed by atoms with Gasteiger partial charge in [-0.2, -0.15) is 0 Å². The van der Waals surface area contributed by atoms with Gasteiger partial charge < -0.3 is 10.1 Å². The highest BCUT2D eigenvalue weighted by Crippen LogP contribution is 2.09. The molecule has 2 N–H and O–H groups in total. The molecule has 2 nitrogen and oxygen atoms in total. The zero-order valence-corrected chi connectivity index (χ0v) is 8.79.